The Bertz CT molecular complexity index is 733. The van der Waals surface area contributed by atoms with E-state index >= 15 is 0 Å². The molecule has 24 heavy (non-hydrogen) atoms. The third kappa shape index (κ3) is 3.14. The highest BCUT2D eigenvalue weighted by molar-refractivity contribution is 6.11. The Hall–Kier alpha value is -2.73. The minimum Gasteiger partial charge on any atom is -0.383 e. The van der Waals surface area contributed by atoms with Gasteiger partial charge in [0.05, 0.1) is 30.3 Å². The van der Waals surface area contributed by atoms with Crippen LogP contribution < -0.4 is 10.2 Å². The SMILES string of the molecule is COCCNC(=O)C[C@H]1c2ncccc2C(=O)N1c1ccccc1. The van der Waals surface area contributed by atoms with Gasteiger partial charge in [-0.3, -0.25) is 19.5 Å². The number of aromatic nitrogens is 1. The van der Waals surface area contributed by atoms with Gasteiger partial charge in [-0.25, -0.2) is 0 Å². The highest BCUT2D eigenvalue weighted by Gasteiger charge is 2.39. The quantitative estimate of drug-likeness (QED) is 0.824. The van der Waals surface area contributed by atoms with E-state index in [2.05, 4.69) is 10.3 Å². The summed E-state index contributed by atoms with van der Waals surface area (Å²) in [5, 5.41) is 2.80. The Labute approximate surface area is 140 Å². The Balaban J connectivity index is 1.87. The van der Waals surface area contributed by atoms with Crippen LogP contribution >= 0.6 is 0 Å². The first-order chi connectivity index (χ1) is 11.7. The molecule has 1 atom stereocenters. The zero-order chi connectivity index (χ0) is 16.9. The predicted molar refractivity (Wildman–Crippen MR) is 89.7 cm³/mol. The van der Waals surface area contributed by atoms with Crippen LogP contribution in [0.25, 0.3) is 0 Å². The number of fused-ring (bicyclic) bond motifs is 1. The Morgan fingerprint density at radius 1 is 1.25 bits per heavy atom. The van der Waals surface area contributed by atoms with Gasteiger partial charge in [-0.1, -0.05) is 18.2 Å². The number of pyridine rings is 1. The van der Waals surface area contributed by atoms with Crippen LogP contribution in [0.3, 0.4) is 0 Å². The number of nitrogens with zero attached hydrogens (tertiary/aromatic N) is 2. The van der Waals surface area contributed by atoms with Gasteiger partial charge in [0.2, 0.25) is 5.91 Å². The topological polar surface area (TPSA) is 71.5 Å². The highest BCUT2D eigenvalue weighted by atomic mass is 16.5. The van der Waals surface area contributed by atoms with Crippen molar-refractivity contribution < 1.29 is 14.3 Å². The van der Waals surface area contributed by atoms with Crippen molar-refractivity contribution in [2.24, 2.45) is 0 Å². The number of nitrogens with one attached hydrogen (secondary N) is 1. The molecule has 124 valence electrons. The lowest BCUT2D eigenvalue weighted by molar-refractivity contribution is -0.121. The first-order valence-corrected chi connectivity index (χ1v) is 7.81. The molecule has 1 aliphatic rings. The molecule has 0 saturated carbocycles. The molecule has 6 nitrogen and oxygen atoms in total. The van der Waals surface area contributed by atoms with E-state index in [0.717, 1.165) is 5.69 Å². The van der Waals surface area contributed by atoms with E-state index in [4.69, 9.17) is 4.74 Å². The number of benzene rings is 1. The average Bonchev–Trinajstić information content (AvgIpc) is 2.88. The fraction of sp³-hybridized carbons (Fsp3) is 0.278. The summed E-state index contributed by atoms with van der Waals surface area (Å²) >= 11 is 0. The van der Waals surface area contributed by atoms with Crippen molar-refractivity contribution in [1.29, 1.82) is 0 Å². The number of carbonyl (C=O) groups is 2. The van der Waals surface area contributed by atoms with Gasteiger partial charge < -0.3 is 10.1 Å². The summed E-state index contributed by atoms with van der Waals surface area (Å²) in [6.45, 7) is 0.892. The van der Waals surface area contributed by atoms with E-state index in [1.807, 2.05) is 30.3 Å². The molecule has 0 unspecified atom stereocenters. The normalized spacial score (nSPS) is 16.1. The second-order valence-electron chi connectivity index (χ2n) is 5.51. The lowest BCUT2D eigenvalue weighted by atomic mass is 10.1. The van der Waals surface area contributed by atoms with Gasteiger partial charge >= 0.3 is 0 Å². The molecule has 0 bridgehead atoms. The molecule has 2 heterocycles. The van der Waals surface area contributed by atoms with Gasteiger partial charge in [0.25, 0.3) is 5.91 Å². The molecule has 0 radical (unpaired) electrons. The van der Waals surface area contributed by atoms with Crippen molar-refractivity contribution in [3.63, 3.8) is 0 Å². The van der Waals surface area contributed by atoms with Gasteiger partial charge in [0.1, 0.15) is 0 Å². The molecule has 0 fully saturated rings. The van der Waals surface area contributed by atoms with Crippen LogP contribution in [0, 0.1) is 0 Å². The maximum absolute atomic E-state index is 12.8. The van der Waals surface area contributed by atoms with Crippen molar-refractivity contribution in [1.82, 2.24) is 10.3 Å². The minimum atomic E-state index is -0.404. The molecule has 0 spiro atoms. The Morgan fingerprint density at radius 2 is 2.04 bits per heavy atom. The number of hydrogen-bond donors (Lipinski definition) is 1. The molecule has 1 aromatic carbocycles. The zero-order valence-electron chi connectivity index (χ0n) is 13.4. The lowest BCUT2D eigenvalue weighted by Crippen LogP contribution is -2.34. The maximum Gasteiger partial charge on any atom is 0.260 e. The first kappa shape index (κ1) is 16.1. The number of anilines is 1. The number of ether oxygens (including phenoxy) is 1. The van der Waals surface area contributed by atoms with Crippen LogP contribution in [0.15, 0.2) is 48.7 Å². The summed E-state index contributed by atoms with van der Waals surface area (Å²) in [6.07, 6.45) is 1.81. The van der Waals surface area contributed by atoms with E-state index in [9.17, 15) is 9.59 Å². The number of para-hydroxylation sites is 1. The summed E-state index contributed by atoms with van der Waals surface area (Å²) < 4.78 is 4.93. The zero-order valence-corrected chi connectivity index (χ0v) is 13.4. The monoisotopic (exact) mass is 325 g/mol. The number of amides is 2. The number of rotatable bonds is 6. The third-order valence-electron chi connectivity index (χ3n) is 3.96. The van der Waals surface area contributed by atoms with Gasteiger partial charge in [-0.05, 0) is 24.3 Å². The number of hydrogen-bond acceptors (Lipinski definition) is 4. The fourth-order valence-electron chi connectivity index (χ4n) is 2.87. The Morgan fingerprint density at radius 3 is 2.79 bits per heavy atom. The van der Waals surface area contributed by atoms with Crippen molar-refractivity contribution in [2.45, 2.75) is 12.5 Å². The summed E-state index contributed by atoms with van der Waals surface area (Å²) in [6, 6.07) is 12.4. The van der Waals surface area contributed by atoms with Gasteiger partial charge in [0.15, 0.2) is 0 Å². The van der Waals surface area contributed by atoms with Crippen LogP contribution in [0.5, 0.6) is 0 Å². The molecule has 1 N–H and O–H groups in total. The molecule has 1 aliphatic heterocycles. The number of carbonyl (C=O) groups excluding carboxylic acids is 2. The predicted octanol–water partition coefficient (Wildman–Crippen LogP) is 1.94. The van der Waals surface area contributed by atoms with Crippen molar-refractivity contribution >= 4 is 17.5 Å². The van der Waals surface area contributed by atoms with Crippen LogP contribution in [-0.2, 0) is 9.53 Å². The van der Waals surface area contributed by atoms with Gasteiger partial charge in [-0.15, -0.1) is 0 Å². The summed E-state index contributed by atoms with van der Waals surface area (Å²) in [4.78, 5) is 31.0. The van der Waals surface area contributed by atoms with Crippen molar-refractivity contribution in [3.8, 4) is 0 Å². The van der Waals surface area contributed by atoms with Crippen molar-refractivity contribution in [2.75, 3.05) is 25.2 Å². The number of methoxy groups -OCH3 is 1. The molecule has 0 saturated heterocycles. The van der Waals surface area contributed by atoms with Crippen LogP contribution in [-0.4, -0.2) is 37.1 Å². The first-order valence-electron chi connectivity index (χ1n) is 7.81. The molecule has 0 aliphatic carbocycles. The van der Waals surface area contributed by atoms with Crippen LogP contribution in [0.1, 0.15) is 28.5 Å². The largest absolute Gasteiger partial charge is 0.383 e. The molecule has 1 aromatic heterocycles. The molecule has 2 aromatic rings. The molecular formula is C18H19N3O3. The third-order valence-corrected chi connectivity index (χ3v) is 3.96. The summed E-state index contributed by atoms with van der Waals surface area (Å²) in [7, 11) is 1.58. The second-order valence-corrected chi connectivity index (χ2v) is 5.51. The van der Waals surface area contributed by atoms with E-state index < -0.39 is 6.04 Å². The average molecular weight is 325 g/mol. The molecule has 6 heteroatoms. The van der Waals surface area contributed by atoms with Gasteiger partial charge in [0, 0.05) is 25.5 Å². The van der Waals surface area contributed by atoms with E-state index in [0.29, 0.717) is 24.4 Å². The van der Waals surface area contributed by atoms with E-state index in [1.165, 1.54) is 0 Å². The summed E-state index contributed by atoms with van der Waals surface area (Å²) in [5.41, 5.74) is 1.96. The smallest absolute Gasteiger partial charge is 0.260 e. The summed E-state index contributed by atoms with van der Waals surface area (Å²) in [5.74, 6) is -0.261. The molecule has 3 rings (SSSR count). The highest BCUT2D eigenvalue weighted by Crippen LogP contribution is 2.37. The second kappa shape index (κ2) is 7.23. The fourth-order valence-corrected chi connectivity index (χ4v) is 2.87. The van der Waals surface area contributed by atoms with Gasteiger partial charge in [-0.2, -0.15) is 0 Å². The van der Waals surface area contributed by atoms with E-state index in [-0.39, 0.29) is 18.2 Å². The standard InChI is InChI=1S/C18H19N3O3/c1-24-11-10-19-16(22)12-15-17-14(8-5-9-20-17)18(23)21(15)13-6-3-2-4-7-13/h2-9,15H,10-12H2,1H3,(H,19,22)/t15-/m0/s1. The Kier molecular flexibility index (Phi) is 4.86. The van der Waals surface area contributed by atoms with Crippen molar-refractivity contribution in [3.05, 3.63) is 59.9 Å². The van der Waals surface area contributed by atoms with Crippen LogP contribution in [0.2, 0.25) is 0 Å². The van der Waals surface area contributed by atoms with Crippen LogP contribution in [0.4, 0.5) is 5.69 Å². The van der Waals surface area contributed by atoms with E-state index in [1.54, 1.807) is 30.3 Å². The molecular weight excluding hydrogens is 306 g/mol. The lowest BCUT2D eigenvalue weighted by Gasteiger charge is -2.24. The molecule has 2 amide bonds. The minimum absolute atomic E-state index is 0.126. The maximum atomic E-state index is 12.8.